The lowest BCUT2D eigenvalue weighted by atomic mass is 10.5. The molecule has 0 aliphatic rings. The van der Waals surface area contributed by atoms with Crippen molar-refractivity contribution in [3.8, 4) is 0 Å². The predicted molar refractivity (Wildman–Crippen MR) is 33.0 cm³/mol. The number of aryl methyl sites for hydroxylation is 1. The van der Waals surface area contributed by atoms with E-state index in [1.807, 2.05) is 0 Å². The summed E-state index contributed by atoms with van der Waals surface area (Å²) in [6.07, 6.45) is 0. The lowest BCUT2D eigenvalue weighted by molar-refractivity contribution is 0.0685. The minimum absolute atomic E-state index is 0.0880. The second-order valence-electron chi connectivity index (χ2n) is 1.66. The van der Waals surface area contributed by atoms with E-state index < -0.39 is 5.97 Å². The van der Waals surface area contributed by atoms with Crippen LogP contribution in [-0.2, 0) is 7.05 Å². The van der Waals surface area contributed by atoms with Crippen LogP contribution in [0, 0.1) is 0 Å². The summed E-state index contributed by atoms with van der Waals surface area (Å²) in [7, 11) is 1.46. The van der Waals surface area contributed by atoms with Gasteiger partial charge in [-0.15, -0.1) is 5.10 Å². The average molecular weight is 162 g/mol. The Balaban J connectivity index is 3.23. The maximum atomic E-state index is 10.3. The number of aromatic nitrogens is 3. The number of carboxylic acid groups (broad SMARTS) is 1. The number of hydrogen-bond donors (Lipinski definition) is 1. The number of rotatable bonds is 1. The molecule has 0 saturated heterocycles. The van der Waals surface area contributed by atoms with Crippen molar-refractivity contribution < 1.29 is 9.90 Å². The van der Waals surface area contributed by atoms with Crippen LogP contribution in [0.3, 0.4) is 0 Å². The Morgan fingerprint density at radius 1 is 1.80 bits per heavy atom. The lowest BCUT2D eigenvalue weighted by Crippen LogP contribution is -2.05. The topological polar surface area (TPSA) is 68.0 Å². The maximum absolute atomic E-state index is 10.3. The molecular weight excluding hydrogens is 158 g/mol. The molecule has 0 spiro atoms. The van der Waals surface area contributed by atoms with Crippen LogP contribution in [0.2, 0.25) is 5.15 Å². The smallest absolute Gasteiger partial charge is 0.357 e. The second-order valence-corrected chi connectivity index (χ2v) is 2.02. The number of carboxylic acids is 1. The molecule has 0 amide bonds. The summed E-state index contributed by atoms with van der Waals surface area (Å²) in [5.41, 5.74) is -0.0957. The van der Waals surface area contributed by atoms with Crippen LogP contribution in [0.5, 0.6) is 0 Å². The fraction of sp³-hybridized carbons (Fsp3) is 0.250. The molecule has 0 radical (unpaired) electrons. The van der Waals surface area contributed by atoms with Crippen molar-refractivity contribution in [2.75, 3.05) is 0 Å². The molecule has 0 unspecified atom stereocenters. The molecular formula is C4H4ClN3O2. The van der Waals surface area contributed by atoms with E-state index in [4.69, 9.17) is 16.7 Å². The first-order valence-corrected chi connectivity index (χ1v) is 2.79. The summed E-state index contributed by atoms with van der Waals surface area (Å²) in [6, 6.07) is 0. The van der Waals surface area contributed by atoms with Gasteiger partial charge in [-0.3, -0.25) is 0 Å². The summed E-state index contributed by atoms with van der Waals surface area (Å²) in [5.74, 6) is -1.13. The Bertz CT molecular complexity index is 250. The van der Waals surface area contributed by atoms with Crippen LogP contribution in [0.1, 0.15) is 10.5 Å². The Kier molecular flexibility index (Phi) is 1.58. The third-order valence-electron chi connectivity index (χ3n) is 0.988. The van der Waals surface area contributed by atoms with Crippen molar-refractivity contribution in [1.82, 2.24) is 15.0 Å². The van der Waals surface area contributed by atoms with Gasteiger partial charge in [-0.05, 0) is 0 Å². The average Bonchev–Trinajstić information content (AvgIpc) is 2.11. The van der Waals surface area contributed by atoms with E-state index in [9.17, 15) is 4.79 Å². The molecule has 0 aromatic carbocycles. The highest BCUT2D eigenvalue weighted by molar-refractivity contribution is 6.31. The number of halogens is 1. The largest absolute Gasteiger partial charge is 0.476 e. The van der Waals surface area contributed by atoms with Gasteiger partial charge in [-0.1, -0.05) is 16.8 Å². The first kappa shape index (κ1) is 7.01. The van der Waals surface area contributed by atoms with Gasteiger partial charge >= 0.3 is 5.97 Å². The molecule has 0 bridgehead atoms. The van der Waals surface area contributed by atoms with Crippen molar-refractivity contribution >= 4 is 17.6 Å². The molecule has 1 N–H and O–H groups in total. The molecule has 0 fully saturated rings. The quantitative estimate of drug-likeness (QED) is 0.638. The van der Waals surface area contributed by atoms with Crippen molar-refractivity contribution in [3.05, 3.63) is 10.8 Å². The van der Waals surface area contributed by atoms with E-state index in [0.29, 0.717) is 0 Å². The molecule has 1 aromatic rings. The van der Waals surface area contributed by atoms with Crippen LogP contribution in [0.25, 0.3) is 0 Å². The summed E-state index contributed by atoms with van der Waals surface area (Å²) < 4.78 is 1.10. The van der Waals surface area contributed by atoms with E-state index >= 15 is 0 Å². The first-order chi connectivity index (χ1) is 4.63. The number of hydrogen-bond acceptors (Lipinski definition) is 3. The first-order valence-electron chi connectivity index (χ1n) is 2.41. The summed E-state index contributed by atoms with van der Waals surface area (Å²) in [4.78, 5) is 10.3. The van der Waals surface area contributed by atoms with E-state index in [0.717, 1.165) is 4.68 Å². The SMILES string of the molecule is Cn1nnc(Cl)c1C(=O)O. The maximum Gasteiger partial charge on any atom is 0.357 e. The van der Waals surface area contributed by atoms with Crippen molar-refractivity contribution in [1.29, 1.82) is 0 Å². The van der Waals surface area contributed by atoms with Crippen LogP contribution in [0.15, 0.2) is 0 Å². The van der Waals surface area contributed by atoms with Gasteiger partial charge in [-0.2, -0.15) is 0 Å². The molecule has 0 aliphatic heterocycles. The predicted octanol–water partition coefficient (Wildman–Crippen LogP) is 0.167. The summed E-state index contributed by atoms with van der Waals surface area (Å²) >= 11 is 5.36. The fourth-order valence-electron chi connectivity index (χ4n) is 0.559. The van der Waals surface area contributed by atoms with Gasteiger partial charge in [0, 0.05) is 7.05 Å². The Labute approximate surface area is 61.2 Å². The zero-order valence-corrected chi connectivity index (χ0v) is 5.83. The third kappa shape index (κ3) is 0.950. The minimum atomic E-state index is -1.13. The third-order valence-corrected chi connectivity index (χ3v) is 1.24. The molecule has 0 saturated carbocycles. The van der Waals surface area contributed by atoms with Gasteiger partial charge in [0.25, 0.3) is 0 Å². The summed E-state index contributed by atoms with van der Waals surface area (Å²) in [6.45, 7) is 0. The van der Waals surface area contributed by atoms with Gasteiger partial charge in [-0.25, -0.2) is 9.48 Å². The monoisotopic (exact) mass is 161 g/mol. The van der Waals surface area contributed by atoms with Gasteiger partial charge < -0.3 is 5.11 Å². The zero-order chi connectivity index (χ0) is 7.72. The van der Waals surface area contributed by atoms with E-state index in [1.54, 1.807) is 0 Å². The highest BCUT2D eigenvalue weighted by Gasteiger charge is 2.14. The standard InChI is InChI=1S/C4H4ClN3O2/c1-8-2(4(9)10)3(5)6-7-8/h1H3,(H,9,10). The molecule has 1 aromatic heterocycles. The molecule has 1 heterocycles. The van der Waals surface area contributed by atoms with Crippen molar-refractivity contribution in [2.24, 2.45) is 7.05 Å². The minimum Gasteiger partial charge on any atom is -0.476 e. The second kappa shape index (κ2) is 2.26. The Hall–Kier alpha value is -1.10. The Morgan fingerprint density at radius 3 is 2.60 bits per heavy atom. The van der Waals surface area contributed by atoms with E-state index in [1.165, 1.54) is 7.05 Å². The van der Waals surface area contributed by atoms with Crippen LogP contribution in [-0.4, -0.2) is 26.1 Å². The van der Waals surface area contributed by atoms with Crippen molar-refractivity contribution in [3.63, 3.8) is 0 Å². The Morgan fingerprint density at radius 2 is 2.40 bits per heavy atom. The number of nitrogens with zero attached hydrogens (tertiary/aromatic N) is 3. The molecule has 54 valence electrons. The van der Waals surface area contributed by atoms with E-state index in [2.05, 4.69) is 10.3 Å². The molecule has 10 heavy (non-hydrogen) atoms. The van der Waals surface area contributed by atoms with E-state index in [-0.39, 0.29) is 10.8 Å². The zero-order valence-electron chi connectivity index (χ0n) is 5.08. The van der Waals surface area contributed by atoms with Crippen LogP contribution < -0.4 is 0 Å². The van der Waals surface area contributed by atoms with Gasteiger partial charge in [0.15, 0.2) is 10.8 Å². The molecule has 0 aliphatic carbocycles. The van der Waals surface area contributed by atoms with Crippen LogP contribution in [0.4, 0.5) is 0 Å². The summed E-state index contributed by atoms with van der Waals surface area (Å²) in [5, 5.41) is 15.1. The molecule has 5 nitrogen and oxygen atoms in total. The van der Waals surface area contributed by atoms with Gasteiger partial charge in [0.2, 0.25) is 0 Å². The number of aromatic carboxylic acids is 1. The van der Waals surface area contributed by atoms with Gasteiger partial charge in [0.05, 0.1) is 0 Å². The van der Waals surface area contributed by atoms with Gasteiger partial charge in [0.1, 0.15) is 0 Å². The number of carbonyl (C=O) groups is 1. The van der Waals surface area contributed by atoms with Crippen LogP contribution >= 0.6 is 11.6 Å². The lowest BCUT2D eigenvalue weighted by Gasteiger charge is -1.90. The molecule has 6 heteroatoms. The molecule has 0 atom stereocenters. The highest BCUT2D eigenvalue weighted by atomic mass is 35.5. The fourth-order valence-corrected chi connectivity index (χ4v) is 0.796. The van der Waals surface area contributed by atoms with Crippen molar-refractivity contribution in [2.45, 2.75) is 0 Å². The highest BCUT2D eigenvalue weighted by Crippen LogP contribution is 2.09. The normalized spacial score (nSPS) is 9.80. The molecule has 1 rings (SSSR count).